The summed E-state index contributed by atoms with van der Waals surface area (Å²) in [6, 6.07) is 6.28. The summed E-state index contributed by atoms with van der Waals surface area (Å²) in [4.78, 5) is 4.67. The molecule has 0 spiro atoms. The summed E-state index contributed by atoms with van der Waals surface area (Å²) in [7, 11) is 1.95. The molecule has 0 fully saturated rings. The van der Waals surface area contributed by atoms with E-state index in [2.05, 4.69) is 55.5 Å². The van der Waals surface area contributed by atoms with E-state index in [1.165, 1.54) is 11.1 Å². The fraction of sp³-hybridized carbons (Fsp3) is 0.471. The van der Waals surface area contributed by atoms with Crippen molar-refractivity contribution in [3.8, 4) is 5.75 Å². The van der Waals surface area contributed by atoms with Crippen LogP contribution in [0.25, 0.3) is 0 Å². The molecule has 21 heavy (non-hydrogen) atoms. The molecule has 0 unspecified atom stereocenters. The highest BCUT2D eigenvalue weighted by atomic mass is 32.1. The molecule has 1 aromatic carbocycles. The number of hydrogen-bond acceptors (Lipinski definition) is 4. The zero-order valence-corrected chi connectivity index (χ0v) is 14.3. The Hall–Kier alpha value is -1.39. The molecule has 2 rings (SSSR count). The van der Waals surface area contributed by atoms with Crippen LogP contribution >= 0.6 is 11.3 Å². The monoisotopic (exact) mass is 304 g/mol. The largest absolute Gasteiger partial charge is 0.486 e. The topological polar surface area (TPSA) is 34.1 Å². The molecule has 0 amide bonds. The van der Waals surface area contributed by atoms with E-state index < -0.39 is 0 Å². The number of hydrogen-bond donors (Lipinski definition) is 1. The minimum atomic E-state index is 0.0932. The summed E-state index contributed by atoms with van der Waals surface area (Å²) in [6.45, 7) is 9.97. The average Bonchev–Trinajstić information content (AvgIpc) is 2.87. The molecule has 0 saturated heterocycles. The number of thiazole rings is 1. The van der Waals surface area contributed by atoms with E-state index in [-0.39, 0.29) is 5.41 Å². The Morgan fingerprint density at radius 1 is 1.29 bits per heavy atom. The van der Waals surface area contributed by atoms with Crippen molar-refractivity contribution in [1.82, 2.24) is 10.3 Å². The predicted molar refractivity (Wildman–Crippen MR) is 89.1 cm³/mol. The highest BCUT2D eigenvalue weighted by Crippen LogP contribution is 2.26. The van der Waals surface area contributed by atoms with Gasteiger partial charge in [0.2, 0.25) is 0 Å². The lowest BCUT2D eigenvalue weighted by Crippen LogP contribution is -2.12. The summed E-state index contributed by atoms with van der Waals surface area (Å²) < 4.78 is 5.96. The number of aromatic nitrogens is 1. The van der Waals surface area contributed by atoms with E-state index in [0.29, 0.717) is 6.61 Å². The lowest BCUT2D eigenvalue weighted by Gasteiger charge is -2.14. The SMILES string of the molecule is CNCc1cc(C)ccc1OCc1nc(C(C)(C)C)cs1. The number of aryl methyl sites for hydroxylation is 1. The first-order valence-electron chi connectivity index (χ1n) is 7.22. The molecule has 1 aromatic heterocycles. The lowest BCUT2D eigenvalue weighted by molar-refractivity contribution is 0.301. The van der Waals surface area contributed by atoms with Gasteiger partial charge in [0.05, 0.1) is 5.69 Å². The maximum atomic E-state index is 5.96. The second kappa shape index (κ2) is 6.58. The normalized spacial score (nSPS) is 11.7. The molecule has 0 atom stereocenters. The van der Waals surface area contributed by atoms with Crippen LogP contribution < -0.4 is 10.1 Å². The van der Waals surface area contributed by atoms with Gasteiger partial charge in [0.25, 0.3) is 0 Å². The molecule has 1 heterocycles. The zero-order valence-electron chi connectivity index (χ0n) is 13.5. The van der Waals surface area contributed by atoms with Crippen LogP contribution in [0.1, 0.15) is 42.6 Å². The first-order chi connectivity index (χ1) is 9.90. The molecular weight excluding hydrogens is 280 g/mol. The van der Waals surface area contributed by atoms with Gasteiger partial charge in [-0.05, 0) is 20.0 Å². The molecular formula is C17H24N2OS. The van der Waals surface area contributed by atoms with Crippen molar-refractivity contribution in [3.05, 3.63) is 45.4 Å². The van der Waals surface area contributed by atoms with Crippen LogP contribution in [0.2, 0.25) is 0 Å². The van der Waals surface area contributed by atoms with Crippen LogP contribution in [-0.4, -0.2) is 12.0 Å². The standard InChI is InChI=1S/C17H24N2OS/c1-12-6-7-14(13(8-12)9-18-5)20-10-16-19-15(11-21-16)17(2,3)4/h6-8,11,18H,9-10H2,1-5H3. The molecule has 2 aromatic rings. The van der Waals surface area contributed by atoms with E-state index in [1.807, 2.05) is 13.1 Å². The summed E-state index contributed by atoms with van der Waals surface area (Å²) in [5.74, 6) is 0.933. The van der Waals surface area contributed by atoms with E-state index in [4.69, 9.17) is 4.74 Å². The molecule has 114 valence electrons. The van der Waals surface area contributed by atoms with Gasteiger partial charge in [-0.15, -0.1) is 11.3 Å². The van der Waals surface area contributed by atoms with Crippen molar-refractivity contribution in [1.29, 1.82) is 0 Å². The molecule has 0 aliphatic heterocycles. The highest BCUT2D eigenvalue weighted by Gasteiger charge is 2.17. The molecule has 0 aliphatic rings. The summed E-state index contributed by atoms with van der Waals surface area (Å²) in [6.07, 6.45) is 0. The van der Waals surface area contributed by atoms with Crippen LogP contribution in [-0.2, 0) is 18.6 Å². The van der Waals surface area contributed by atoms with Gasteiger partial charge in [-0.1, -0.05) is 38.5 Å². The van der Waals surface area contributed by atoms with Crippen LogP contribution in [0, 0.1) is 6.92 Å². The summed E-state index contributed by atoms with van der Waals surface area (Å²) in [5.41, 5.74) is 3.66. The molecule has 1 N–H and O–H groups in total. The molecule has 3 nitrogen and oxygen atoms in total. The minimum Gasteiger partial charge on any atom is -0.486 e. The first-order valence-corrected chi connectivity index (χ1v) is 8.10. The predicted octanol–water partition coefficient (Wildman–Crippen LogP) is 4.05. The Bertz CT molecular complexity index is 599. The van der Waals surface area contributed by atoms with E-state index >= 15 is 0 Å². The number of rotatable bonds is 5. The highest BCUT2D eigenvalue weighted by molar-refractivity contribution is 7.09. The second-order valence-electron chi connectivity index (χ2n) is 6.31. The lowest BCUT2D eigenvalue weighted by atomic mass is 9.93. The smallest absolute Gasteiger partial charge is 0.140 e. The van der Waals surface area contributed by atoms with Crippen LogP contribution in [0.15, 0.2) is 23.6 Å². The third kappa shape index (κ3) is 4.29. The number of benzene rings is 1. The van der Waals surface area contributed by atoms with Crippen molar-refractivity contribution >= 4 is 11.3 Å². The van der Waals surface area contributed by atoms with E-state index in [9.17, 15) is 0 Å². The third-order valence-corrected chi connectivity index (χ3v) is 4.08. The Kier molecular flexibility index (Phi) is 5.01. The van der Waals surface area contributed by atoms with Gasteiger partial charge >= 0.3 is 0 Å². The minimum absolute atomic E-state index is 0.0932. The number of nitrogens with one attached hydrogen (secondary N) is 1. The van der Waals surface area contributed by atoms with Gasteiger partial charge in [0, 0.05) is 22.9 Å². The first kappa shape index (κ1) is 16.0. The van der Waals surface area contributed by atoms with Crippen molar-refractivity contribution in [3.63, 3.8) is 0 Å². The molecule has 0 radical (unpaired) electrons. The fourth-order valence-electron chi connectivity index (χ4n) is 2.04. The fourth-order valence-corrected chi connectivity index (χ4v) is 2.97. The van der Waals surface area contributed by atoms with Crippen LogP contribution in [0.3, 0.4) is 0 Å². The van der Waals surface area contributed by atoms with Gasteiger partial charge in [-0.25, -0.2) is 4.98 Å². The van der Waals surface area contributed by atoms with E-state index in [0.717, 1.165) is 23.0 Å². The molecule has 0 saturated carbocycles. The second-order valence-corrected chi connectivity index (χ2v) is 7.25. The van der Waals surface area contributed by atoms with Gasteiger partial charge in [-0.2, -0.15) is 0 Å². The van der Waals surface area contributed by atoms with E-state index in [1.54, 1.807) is 11.3 Å². The Morgan fingerprint density at radius 3 is 2.67 bits per heavy atom. The Morgan fingerprint density at radius 2 is 2.05 bits per heavy atom. The van der Waals surface area contributed by atoms with Crippen LogP contribution in [0.4, 0.5) is 0 Å². The van der Waals surface area contributed by atoms with Crippen molar-refractivity contribution < 1.29 is 4.74 Å². The zero-order chi connectivity index (χ0) is 15.5. The van der Waals surface area contributed by atoms with Gasteiger partial charge in [0.1, 0.15) is 17.4 Å². The maximum absolute atomic E-state index is 5.96. The Labute approximate surface area is 131 Å². The van der Waals surface area contributed by atoms with Crippen molar-refractivity contribution in [2.24, 2.45) is 0 Å². The Balaban J connectivity index is 2.08. The maximum Gasteiger partial charge on any atom is 0.140 e. The number of ether oxygens (including phenoxy) is 1. The third-order valence-electron chi connectivity index (χ3n) is 3.25. The number of nitrogens with zero attached hydrogens (tertiary/aromatic N) is 1. The van der Waals surface area contributed by atoms with Crippen LogP contribution in [0.5, 0.6) is 5.75 Å². The summed E-state index contributed by atoms with van der Waals surface area (Å²) >= 11 is 1.67. The summed E-state index contributed by atoms with van der Waals surface area (Å²) in [5, 5.41) is 6.33. The molecule has 4 heteroatoms. The van der Waals surface area contributed by atoms with Gasteiger partial charge < -0.3 is 10.1 Å². The quantitative estimate of drug-likeness (QED) is 0.905. The van der Waals surface area contributed by atoms with Gasteiger partial charge in [0.15, 0.2) is 0 Å². The van der Waals surface area contributed by atoms with Crippen molar-refractivity contribution in [2.75, 3.05) is 7.05 Å². The average molecular weight is 304 g/mol. The molecule has 0 aliphatic carbocycles. The van der Waals surface area contributed by atoms with Crippen molar-refractivity contribution in [2.45, 2.75) is 46.3 Å². The van der Waals surface area contributed by atoms with Gasteiger partial charge in [-0.3, -0.25) is 0 Å². The molecule has 0 bridgehead atoms.